The third-order valence-corrected chi connectivity index (χ3v) is 5.79. The van der Waals surface area contributed by atoms with Crippen LogP contribution >= 0.6 is 27.5 Å². The summed E-state index contributed by atoms with van der Waals surface area (Å²) in [4.78, 5) is 0.279. The molecular weight excluding hydrogens is 336 g/mol. The number of alkyl halides is 1. The van der Waals surface area contributed by atoms with E-state index in [1.54, 1.807) is 7.11 Å². The molecule has 1 fully saturated rings. The first-order valence-corrected chi connectivity index (χ1v) is 8.00. The van der Waals surface area contributed by atoms with Crippen LogP contribution in [0.25, 0.3) is 0 Å². The van der Waals surface area contributed by atoms with Crippen LogP contribution in [0.2, 0.25) is 5.02 Å². The molecule has 1 saturated carbocycles. The van der Waals surface area contributed by atoms with Gasteiger partial charge in [-0.3, -0.25) is 0 Å². The minimum atomic E-state index is 0.208. The molecule has 1 unspecified atom stereocenters. The Hall–Kier alpha value is -0.990. The van der Waals surface area contributed by atoms with E-state index in [0.29, 0.717) is 5.02 Å². The van der Waals surface area contributed by atoms with Gasteiger partial charge in [0.2, 0.25) is 0 Å². The van der Waals surface area contributed by atoms with Gasteiger partial charge < -0.3 is 4.74 Å². The molecule has 0 bridgehead atoms. The fraction of sp³-hybridized carbons (Fsp3) is 0.294. The highest BCUT2D eigenvalue weighted by atomic mass is 79.9. The minimum Gasteiger partial charge on any atom is -0.495 e. The van der Waals surface area contributed by atoms with Crippen LogP contribution < -0.4 is 4.74 Å². The second-order valence-electron chi connectivity index (χ2n) is 5.28. The second-order valence-corrected chi connectivity index (χ2v) is 6.60. The van der Waals surface area contributed by atoms with Gasteiger partial charge in [-0.15, -0.1) is 0 Å². The van der Waals surface area contributed by atoms with Crippen LogP contribution in [0.1, 0.15) is 28.8 Å². The van der Waals surface area contributed by atoms with Gasteiger partial charge in [0.25, 0.3) is 0 Å². The van der Waals surface area contributed by atoms with Crippen LogP contribution in [-0.2, 0) is 5.41 Å². The number of ether oxygens (including phenoxy) is 1. The summed E-state index contributed by atoms with van der Waals surface area (Å²) in [5.41, 5.74) is 2.81. The summed E-state index contributed by atoms with van der Waals surface area (Å²) < 4.78 is 5.22. The monoisotopic (exact) mass is 350 g/mol. The van der Waals surface area contributed by atoms with Crippen LogP contribution in [0, 0.1) is 0 Å². The van der Waals surface area contributed by atoms with Gasteiger partial charge in [0.05, 0.1) is 12.1 Å². The van der Waals surface area contributed by atoms with Crippen molar-refractivity contribution in [3.63, 3.8) is 0 Å². The standard InChI is InChI=1S/C17H16BrClO/c1-20-15-8-7-12(11-14(15)19)16(18)17(9-10-17)13-5-3-2-4-6-13/h2-8,11,16H,9-10H2,1H3. The molecule has 0 aromatic heterocycles. The maximum Gasteiger partial charge on any atom is 0.137 e. The highest BCUT2D eigenvalue weighted by Crippen LogP contribution is 2.60. The topological polar surface area (TPSA) is 9.23 Å². The van der Waals surface area contributed by atoms with Crippen molar-refractivity contribution in [2.24, 2.45) is 0 Å². The molecule has 1 nitrogen and oxygen atoms in total. The van der Waals surface area contributed by atoms with Gasteiger partial charge in [-0.25, -0.2) is 0 Å². The first kappa shape index (κ1) is 14.0. The van der Waals surface area contributed by atoms with Crippen molar-refractivity contribution < 1.29 is 4.74 Å². The number of hydrogen-bond acceptors (Lipinski definition) is 1. The second kappa shape index (κ2) is 5.42. The number of benzene rings is 2. The zero-order valence-electron chi connectivity index (χ0n) is 11.3. The molecule has 3 heteroatoms. The third kappa shape index (κ3) is 2.36. The lowest BCUT2D eigenvalue weighted by molar-refractivity contribution is 0.415. The van der Waals surface area contributed by atoms with E-state index in [2.05, 4.69) is 52.3 Å². The van der Waals surface area contributed by atoms with E-state index in [-0.39, 0.29) is 10.2 Å². The van der Waals surface area contributed by atoms with Crippen molar-refractivity contribution in [3.8, 4) is 5.75 Å². The van der Waals surface area contributed by atoms with Crippen molar-refractivity contribution in [2.45, 2.75) is 23.1 Å². The Labute approximate surface area is 133 Å². The van der Waals surface area contributed by atoms with E-state index in [9.17, 15) is 0 Å². The van der Waals surface area contributed by atoms with Crippen molar-refractivity contribution in [3.05, 3.63) is 64.7 Å². The lowest BCUT2D eigenvalue weighted by atomic mass is 9.89. The predicted molar refractivity (Wildman–Crippen MR) is 87.0 cm³/mol. The minimum absolute atomic E-state index is 0.208. The van der Waals surface area contributed by atoms with Crippen LogP contribution in [0.3, 0.4) is 0 Å². The Kier molecular flexibility index (Phi) is 3.78. The first-order valence-electron chi connectivity index (χ1n) is 6.70. The summed E-state index contributed by atoms with van der Waals surface area (Å²) in [7, 11) is 1.64. The van der Waals surface area contributed by atoms with Gasteiger partial charge in [-0.2, -0.15) is 0 Å². The van der Waals surface area contributed by atoms with E-state index in [0.717, 1.165) is 5.75 Å². The molecule has 0 aliphatic heterocycles. The summed E-state index contributed by atoms with van der Waals surface area (Å²) in [6.45, 7) is 0. The fourth-order valence-corrected chi connectivity index (χ4v) is 4.03. The molecule has 2 aromatic carbocycles. The normalized spacial score (nSPS) is 17.6. The number of hydrogen-bond donors (Lipinski definition) is 0. The van der Waals surface area contributed by atoms with Gasteiger partial charge in [0.1, 0.15) is 5.75 Å². The summed E-state index contributed by atoms with van der Waals surface area (Å²) >= 11 is 10.1. The molecule has 3 rings (SSSR count). The van der Waals surface area contributed by atoms with Gasteiger partial charge >= 0.3 is 0 Å². The SMILES string of the molecule is COc1ccc(C(Br)C2(c3ccccc3)CC2)cc1Cl. The molecule has 0 radical (unpaired) electrons. The average Bonchev–Trinajstić information content (AvgIpc) is 3.29. The van der Waals surface area contributed by atoms with E-state index >= 15 is 0 Å². The fourth-order valence-electron chi connectivity index (χ4n) is 2.75. The van der Waals surface area contributed by atoms with Crippen LogP contribution in [-0.4, -0.2) is 7.11 Å². The van der Waals surface area contributed by atoms with Crippen LogP contribution in [0.15, 0.2) is 48.5 Å². The average molecular weight is 352 g/mol. The number of methoxy groups -OCH3 is 1. The van der Waals surface area contributed by atoms with E-state index in [1.165, 1.54) is 24.0 Å². The Morgan fingerprint density at radius 1 is 1.15 bits per heavy atom. The highest BCUT2D eigenvalue weighted by molar-refractivity contribution is 9.09. The molecule has 0 N–H and O–H groups in total. The van der Waals surface area contributed by atoms with Gasteiger partial charge in [-0.05, 0) is 36.1 Å². The molecule has 1 aliphatic rings. The zero-order chi connectivity index (χ0) is 14.2. The van der Waals surface area contributed by atoms with Crippen LogP contribution in [0.4, 0.5) is 0 Å². The summed E-state index contributed by atoms with van der Waals surface area (Å²) in [5.74, 6) is 0.722. The maximum absolute atomic E-state index is 6.24. The van der Waals surface area contributed by atoms with Gasteiger partial charge in [0.15, 0.2) is 0 Å². The van der Waals surface area contributed by atoms with Gasteiger partial charge in [-0.1, -0.05) is 63.9 Å². The molecular formula is C17H16BrClO. The summed E-state index contributed by atoms with van der Waals surface area (Å²) in [6.07, 6.45) is 2.41. The van der Waals surface area contributed by atoms with Crippen molar-refractivity contribution in [1.29, 1.82) is 0 Å². The number of rotatable bonds is 4. The number of halogens is 2. The van der Waals surface area contributed by atoms with Gasteiger partial charge in [0, 0.05) is 10.2 Å². The zero-order valence-corrected chi connectivity index (χ0v) is 13.6. The van der Waals surface area contributed by atoms with Crippen LogP contribution in [0.5, 0.6) is 5.75 Å². The molecule has 104 valence electrons. The first-order chi connectivity index (χ1) is 9.67. The highest BCUT2D eigenvalue weighted by Gasteiger charge is 2.50. The Bertz CT molecular complexity index is 608. The van der Waals surface area contributed by atoms with E-state index in [4.69, 9.17) is 16.3 Å². The Morgan fingerprint density at radius 3 is 2.40 bits per heavy atom. The molecule has 0 amide bonds. The molecule has 1 atom stereocenters. The lowest BCUT2D eigenvalue weighted by Crippen LogP contribution is -2.13. The maximum atomic E-state index is 6.24. The predicted octanol–water partition coefficient (Wildman–Crippen LogP) is 5.52. The smallest absolute Gasteiger partial charge is 0.137 e. The summed E-state index contributed by atoms with van der Waals surface area (Å²) in [6, 6.07) is 16.7. The summed E-state index contributed by atoms with van der Waals surface area (Å²) in [5, 5.41) is 0.665. The molecule has 0 heterocycles. The van der Waals surface area contributed by atoms with Crippen molar-refractivity contribution in [1.82, 2.24) is 0 Å². The third-order valence-electron chi connectivity index (χ3n) is 4.09. The van der Waals surface area contributed by atoms with E-state index in [1.807, 2.05) is 12.1 Å². The lowest BCUT2D eigenvalue weighted by Gasteiger charge is -2.23. The molecule has 0 spiro atoms. The molecule has 0 saturated heterocycles. The Morgan fingerprint density at radius 2 is 1.85 bits per heavy atom. The van der Waals surface area contributed by atoms with E-state index < -0.39 is 0 Å². The molecule has 20 heavy (non-hydrogen) atoms. The Balaban J connectivity index is 1.93. The molecule has 1 aliphatic carbocycles. The van der Waals surface area contributed by atoms with Crippen molar-refractivity contribution in [2.75, 3.05) is 7.11 Å². The molecule has 2 aromatic rings. The quantitative estimate of drug-likeness (QED) is 0.659. The largest absolute Gasteiger partial charge is 0.495 e. The van der Waals surface area contributed by atoms with Crippen molar-refractivity contribution >= 4 is 27.5 Å².